The van der Waals surface area contributed by atoms with Crippen LogP contribution in [-0.2, 0) is 6.61 Å². The lowest BCUT2D eigenvalue weighted by atomic mass is 10.1. The molecule has 0 atom stereocenters. The molecule has 17 heavy (non-hydrogen) atoms. The number of thiazole rings is 1. The maximum absolute atomic E-state index is 5.71. The van der Waals surface area contributed by atoms with Crippen LogP contribution in [0.4, 0.5) is 5.13 Å². The number of hydrogen-bond acceptors (Lipinski definition) is 4. The second-order valence-corrected chi connectivity index (χ2v) is 5.46. The van der Waals surface area contributed by atoms with Gasteiger partial charge in [-0.25, -0.2) is 4.98 Å². The van der Waals surface area contributed by atoms with Gasteiger partial charge in [0.2, 0.25) is 0 Å². The van der Waals surface area contributed by atoms with E-state index in [-0.39, 0.29) is 0 Å². The molecule has 0 amide bonds. The Balaban J connectivity index is 2.04. The summed E-state index contributed by atoms with van der Waals surface area (Å²) in [6.45, 7) is 4.86. The molecule has 0 spiro atoms. The molecule has 0 radical (unpaired) electrons. The highest BCUT2D eigenvalue weighted by Gasteiger charge is 2.21. The maximum Gasteiger partial charge on any atom is 0.183 e. The van der Waals surface area contributed by atoms with Gasteiger partial charge in [-0.2, -0.15) is 0 Å². The van der Waals surface area contributed by atoms with Crippen LogP contribution in [0.1, 0.15) is 18.7 Å². The number of nitrogens with zero attached hydrogens (tertiary/aromatic N) is 1. The molecule has 3 nitrogen and oxygen atoms in total. The first kappa shape index (κ1) is 10.6. The van der Waals surface area contributed by atoms with Gasteiger partial charge < -0.3 is 10.1 Å². The molecule has 0 unspecified atom stereocenters. The average Bonchev–Trinajstić information content (AvgIpc) is 2.70. The van der Waals surface area contributed by atoms with E-state index >= 15 is 0 Å². The van der Waals surface area contributed by atoms with Crippen molar-refractivity contribution in [2.75, 3.05) is 5.32 Å². The number of rotatable bonds is 2. The van der Waals surface area contributed by atoms with Crippen molar-refractivity contribution in [3.05, 3.63) is 29.1 Å². The number of fused-ring (bicyclic) bond motifs is 3. The van der Waals surface area contributed by atoms with Crippen LogP contribution in [0.2, 0.25) is 0 Å². The molecule has 2 aromatic rings. The second kappa shape index (κ2) is 4.04. The van der Waals surface area contributed by atoms with Gasteiger partial charge in [0.05, 0.1) is 10.6 Å². The fourth-order valence-electron chi connectivity index (χ4n) is 1.90. The number of benzene rings is 1. The number of aromatic nitrogens is 1. The number of nitrogens with one attached hydrogen (secondary N) is 1. The second-order valence-electron chi connectivity index (χ2n) is 4.37. The Morgan fingerprint density at radius 2 is 2.18 bits per heavy atom. The van der Waals surface area contributed by atoms with Crippen LogP contribution in [-0.4, -0.2) is 11.0 Å². The number of anilines is 1. The van der Waals surface area contributed by atoms with Gasteiger partial charge in [-0.15, -0.1) is 0 Å². The van der Waals surface area contributed by atoms with E-state index in [4.69, 9.17) is 4.74 Å². The quantitative estimate of drug-likeness (QED) is 0.880. The predicted octanol–water partition coefficient (Wildman–Crippen LogP) is 3.52. The fraction of sp³-hybridized carbons (Fsp3) is 0.308. The van der Waals surface area contributed by atoms with E-state index in [1.807, 2.05) is 18.2 Å². The molecular formula is C13H14N2OS. The van der Waals surface area contributed by atoms with E-state index < -0.39 is 0 Å². The van der Waals surface area contributed by atoms with Gasteiger partial charge in [0.1, 0.15) is 12.4 Å². The summed E-state index contributed by atoms with van der Waals surface area (Å²) < 4.78 is 5.71. The van der Waals surface area contributed by atoms with Crippen LogP contribution in [0.25, 0.3) is 11.3 Å². The topological polar surface area (TPSA) is 34.2 Å². The zero-order chi connectivity index (χ0) is 11.8. The smallest absolute Gasteiger partial charge is 0.183 e. The SMILES string of the molecule is CC(C)Nc1nc2c(s1)COc1ccccc1-2. The average molecular weight is 246 g/mol. The molecule has 2 heterocycles. The summed E-state index contributed by atoms with van der Waals surface area (Å²) in [5, 5.41) is 4.32. The summed E-state index contributed by atoms with van der Waals surface area (Å²) >= 11 is 1.68. The minimum absolute atomic E-state index is 0.402. The molecule has 4 heteroatoms. The van der Waals surface area contributed by atoms with Gasteiger partial charge in [-0.1, -0.05) is 23.5 Å². The van der Waals surface area contributed by atoms with Crippen LogP contribution in [0.15, 0.2) is 24.3 Å². The first-order valence-electron chi connectivity index (χ1n) is 5.72. The molecule has 1 aromatic carbocycles. The van der Waals surface area contributed by atoms with E-state index in [0.29, 0.717) is 12.6 Å². The van der Waals surface area contributed by atoms with Crippen molar-refractivity contribution in [2.24, 2.45) is 0 Å². The van der Waals surface area contributed by atoms with E-state index in [0.717, 1.165) is 22.1 Å². The standard InChI is InChI=1S/C13H14N2OS/c1-8(2)14-13-15-12-9-5-3-4-6-10(9)16-7-11(12)17-13/h3-6,8H,7H2,1-2H3,(H,14,15). The van der Waals surface area contributed by atoms with E-state index in [2.05, 4.69) is 30.2 Å². The Morgan fingerprint density at radius 1 is 1.35 bits per heavy atom. The van der Waals surface area contributed by atoms with Crippen molar-refractivity contribution < 1.29 is 4.74 Å². The Morgan fingerprint density at radius 3 is 3.00 bits per heavy atom. The molecule has 88 valence electrons. The van der Waals surface area contributed by atoms with Crippen molar-refractivity contribution in [3.63, 3.8) is 0 Å². The molecular weight excluding hydrogens is 232 g/mol. The Kier molecular flexibility index (Phi) is 2.52. The summed E-state index contributed by atoms with van der Waals surface area (Å²) in [7, 11) is 0. The van der Waals surface area contributed by atoms with Crippen molar-refractivity contribution >= 4 is 16.5 Å². The first-order chi connectivity index (χ1) is 8.24. The largest absolute Gasteiger partial charge is 0.487 e. The van der Waals surface area contributed by atoms with Gasteiger partial charge in [0.25, 0.3) is 0 Å². The lowest BCUT2D eigenvalue weighted by Gasteiger charge is -2.15. The molecule has 0 saturated carbocycles. The van der Waals surface area contributed by atoms with Crippen LogP contribution >= 0.6 is 11.3 Å². The molecule has 0 fully saturated rings. The summed E-state index contributed by atoms with van der Waals surface area (Å²) in [6.07, 6.45) is 0. The third kappa shape index (κ3) is 1.89. The van der Waals surface area contributed by atoms with Gasteiger partial charge >= 0.3 is 0 Å². The minimum atomic E-state index is 0.402. The Labute approximate surface area is 104 Å². The predicted molar refractivity (Wildman–Crippen MR) is 70.6 cm³/mol. The lowest BCUT2D eigenvalue weighted by Crippen LogP contribution is -2.09. The molecule has 0 saturated heterocycles. The highest BCUT2D eigenvalue weighted by molar-refractivity contribution is 7.16. The highest BCUT2D eigenvalue weighted by Crippen LogP contribution is 2.40. The summed E-state index contributed by atoms with van der Waals surface area (Å²) in [5.74, 6) is 0.932. The first-order valence-corrected chi connectivity index (χ1v) is 6.54. The zero-order valence-corrected chi connectivity index (χ0v) is 10.7. The van der Waals surface area contributed by atoms with Crippen LogP contribution in [0, 0.1) is 0 Å². The maximum atomic E-state index is 5.71. The molecule has 0 aliphatic carbocycles. The molecule has 3 rings (SSSR count). The third-order valence-electron chi connectivity index (χ3n) is 2.61. The Hall–Kier alpha value is -1.55. The number of para-hydroxylation sites is 1. The fourth-order valence-corrected chi connectivity index (χ4v) is 2.94. The summed E-state index contributed by atoms with van der Waals surface area (Å²) in [5.41, 5.74) is 2.17. The van der Waals surface area contributed by atoms with E-state index in [1.54, 1.807) is 11.3 Å². The molecule has 1 N–H and O–H groups in total. The van der Waals surface area contributed by atoms with Crippen LogP contribution in [0.3, 0.4) is 0 Å². The third-order valence-corrected chi connectivity index (χ3v) is 3.57. The number of hydrogen-bond donors (Lipinski definition) is 1. The highest BCUT2D eigenvalue weighted by atomic mass is 32.1. The van der Waals surface area contributed by atoms with Crippen LogP contribution in [0.5, 0.6) is 5.75 Å². The van der Waals surface area contributed by atoms with Crippen molar-refractivity contribution in [1.82, 2.24) is 4.98 Å². The summed E-state index contributed by atoms with van der Waals surface area (Å²) in [4.78, 5) is 5.86. The van der Waals surface area contributed by atoms with E-state index in [1.165, 1.54) is 4.88 Å². The van der Waals surface area contributed by atoms with Gasteiger partial charge in [0, 0.05) is 11.6 Å². The summed E-state index contributed by atoms with van der Waals surface area (Å²) in [6, 6.07) is 8.47. The van der Waals surface area contributed by atoms with Gasteiger partial charge in [0.15, 0.2) is 5.13 Å². The lowest BCUT2D eigenvalue weighted by molar-refractivity contribution is 0.305. The Bertz CT molecular complexity index is 548. The van der Waals surface area contributed by atoms with Crippen molar-refractivity contribution in [2.45, 2.75) is 26.5 Å². The molecule has 1 aliphatic rings. The van der Waals surface area contributed by atoms with E-state index in [9.17, 15) is 0 Å². The molecule has 1 aromatic heterocycles. The van der Waals surface area contributed by atoms with Crippen molar-refractivity contribution in [1.29, 1.82) is 0 Å². The number of ether oxygens (including phenoxy) is 1. The van der Waals surface area contributed by atoms with Gasteiger partial charge in [-0.05, 0) is 26.0 Å². The minimum Gasteiger partial charge on any atom is -0.487 e. The van der Waals surface area contributed by atoms with Gasteiger partial charge in [-0.3, -0.25) is 0 Å². The normalized spacial score (nSPS) is 12.9. The van der Waals surface area contributed by atoms with Crippen LogP contribution < -0.4 is 10.1 Å². The molecule has 1 aliphatic heterocycles. The molecule has 0 bridgehead atoms. The zero-order valence-electron chi connectivity index (χ0n) is 9.86. The van der Waals surface area contributed by atoms with Crippen molar-refractivity contribution in [3.8, 4) is 17.0 Å². The monoisotopic (exact) mass is 246 g/mol.